The second kappa shape index (κ2) is 8.14. The lowest BCUT2D eigenvalue weighted by Gasteiger charge is -2.31. The third kappa shape index (κ3) is 5.02. The molecule has 0 aliphatic heterocycles. The number of halogens is 1. The van der Waals surface area contributed by atoms with E-state index in [-0.39, 0.29) is 17.2 Å². The third-order valence-corrected chi connectivity index (χ3v) is 5.41. The predicted molar refractivity (Wildman–Crippen MR) is 116 cm³/mol. The van der Waals surface area contributed by atoms with Crippen LogP contribution in [0, 0.1) is 0 Å². The zero-order valence-electron chi connectivity index (χ0n) is 17.5. The molecule has 0 atom stereocenters. The Balaban J connectivity index is 1.71. The van der Waals surface area contributed by atoms with Gasteiger partial charge in [-0.3, -0.25) is 0 Å². The van der Waals surface area contributed by atoms with Crippen molar-refractivity contribution in [1.82, 2.24) is 9.88 Å². The van der Waals surface area contributed by atoms with Crippen molar-refractivity contribution in [2.45, 2.75) is 44.8 Å². The zero-order chi connectivity index (χ0) is 22.1. The van der Waals surface area contributed by atoms with Gasteiger partial charge < -0.3 is 20.1 Å². The molecule has 1 aromatic carbocycles. The number of ether oxygens (including phenoxy) is 1. The molecule has 1 heterocycles. The van der Waals surface area contributed by atoms with E-state index in [1.807, 2.05) is 26.8 Å². The molecule has 1 amide bonds. The minimum absolute atomic E-state index is 0.206. The average Bonchev–Trinajstić information content (AvgIpc) is 3.46. The molecule has 1 aromatic heterocycles. The van der Waals surface area contributed by atoms with Gasteiger partial charge in [-0.05, 0) is 57.4 Å². The molecule has 1 saturated carbocycles. The maximum absolute atomic E-state index is 12.4. The van der Waals surface area contributed by atoms with Crippen LogP contribution in [0.4, 0.5) is 10.5 Å². The number of likely N-dealkylation sites (N-methyl/N-ethyl adjacent to an activating group) is 1. The van der Waals surface area contributed by atoms with Crippen LogP contribution in [0.3, 0.4) is 0 Å². The number of carboxylic acid groups (broad SMARTS) is 1. The van der Waals surface area contributed by atoms with E-state index in [1.165, 1.54) is 12.1 Å². The van der Waals surface area contributed by atoms with Crippen molar-refractivity contribution < 1.29 is 19.4 Å². The van der Waals surface area contributed by atoms with Gasteiger partial charge in [0, 0.05) is 19.2 Å². The van der Waals surface area contributed by atoms with Crippen LogP contribution in [0.1, 0.15) is 44.0 Å². The molecule has 1 fully saturated rings. The van der Waals surface area contributed by atoms with Crippen LogP contribution in [0.25, 0.3) is 11.1 Å². The Labute approximate surface area is 181 Å². The van der Waals surface area contributed by atoms with Crippen molar-refractivity contribution in [3.8, 4) is 11.1 Å². The number of carboxylic acids is 1. The van der Waals surface area contributed by atoms with E-state index in [0.29, 0.717) is 17.3 Å². The normalized spacial score (nSPS) is 14.7. The van der Waals surface area contributed by atoms with Crippen LogP contribution in [-0.2, 0) is 4.74 Å². The van der Waals surface area contributed by atoms with Gasteiger partial charge in [-0.2, -0.15) is 0 Å². The minimum atomic E-state index is -0.981. The standard InChI is InChI=1S/C22H26ClN3O4/c1-21(2,3)30-20(29)26(4)22(9-10-22)13-25-16-11-17(18(23)24-12-16)14-5-7-15(8-6-14)19(27)28/h5-8,11-12,25H,9-10,13H2,1-4H3,(H,27,28). The van der Waals surface area contributed by atoms with Gasteiger partial charge in [-0.15, -0.1) is 0 Å². The van der Waals surface area contributed by atoms with Crippen molar-refractivity contribution in [2.75, 3.05) is 18.9 Å². The fourth-order valence-electron chi connectivity index (χ4n) is 3.11. The summed E-state index contributed by atoms with van der Waals surface area (Å²) in [5, 5.41) is 12.7. The Morgan fingerprint density at radius 2 is 1.90 bits per heavy atom. The molecule has 1 aliphatic carbocycles. The first kappa shape index (κ1) is 21.9. The molecule has 0 bridgehead atoms. The van der Waals surface area contributed by atoms with Crippen molar-refractivity contribution in [1.29, 1.82) is 0 Å². The summed E-state index contributed by atoms with van der Waals surface area (Å²) in [4.78, 5) is 29.4. The van der Waals surface area contributed by atoms with Crippen LogP contribution in [-0.4, -0.2) is 51.8 Å². The van der Waals surface area contributed by atoms with E-state index >= 15 is 0 Å². The second-order valence-electron chi connectivity index (χ2n) is 8.56. The first-order valence-corrected chi connectivity index (χ1v) is 10.1. The molecular formula is C22H26ClN3O4. The molecular weight excluding hydrogens is 406 g/mol. The van der Waals surface area contributed by atoms with E-state index in [4.69, 9.17) is 21.4 Å². The van der Waals surface area contributed by atoms with E-state index in [1.54, 1.807) is 30.3 Å². The lowest BCUT2D eigenvalue weighted by Crippen LogP contribution is -2.45. The highest BCUT2D eigenvalue weighted by molar-refractivity contribution is 6.32. The maximum atomic E-state index is 12.4. The largest absolute Gasteiger partial charge is 0.478 e. The predicted octanol–water partition coefficient (Wildman–Crippen LogP) is 4.91. The summed E-state index contributed by atoms with van der Waals surface area (Å²) in [7, 11) is 1.76. The summed E-state index contributed by atoms with van der Waals surface area (Å²) in [5.74, 6) is -0.981. The van der Waals surface area contributed by atoms with Crippen LogP contribution >= 0.6 is 11.6 Å². The summed E-state index contributed by atoms with van der Waals surface area (Å²) < 4.78 is 5.48. The van der Waals surface area contributed by atoms with Crippen LogP contribution in [0.2, 0.25) is 5.15 Å². The van der Waals surface area contributed by atoms with E-state index in [0.717, 1.165) is 24.1 Å². The van der Waals surface area contributed by atoms with Crippen molar-refractivity contribution >= 4 is 29.4 Å². The summed E-state index contributed by atoms with van der Waals surface area (Å²) in [5.41, 5.74) is 1.61. The fraction of sp³-hybridized carbons (Fsp3) is 0.409. The number of hydrogen-bond donors (Lipinski definition) is 2. The molecule has 30 heavy (non-hydrogen) atoms. The molecule has 0 unspecified atom stereocenters. The molecule has 160 valence electrons. The number of carbonyl (C=O) groups is 2. The van der Waals surface area contributed by atoms with E-state index < -0.39 is 11.6 Å². The zero-order valence-corrected chi connectivity index (χ0v) is 18.3. The highest BCUT2D eigenvalue weighted by Gasteiger charge is 2.49. The maximum Gasteiger partial charge on any atom is 0.410 e. The number of amides is 1. The van der Waals surface area contributed by atoms with Gasteiger partial charge in [0.25, 0.3) is 0 Å². The van der Waals surface area contributed by atoms with Crippen molar-refractivity contribution in [3.63, 3.8) is 0 Å². The van der Waals surface area contributed by atoms with Gasteiger partial charge in [-0.1, -0.05) is 23.7 Å². The van der Waals surface area contributed by atoms with Gasteiger partial charge >= 0.3 is 12.1 Å². The Hall–Kier alpha value is -2.80. The van der Waals surface area contributed by atoms with Crippen molar-refractivity contribution in [3.05, 3.63) is 47.2 Å². The van der Waals surface area contributed by atoms with Gasteiger partial charge in [0.1, 0.15) is 10.8 Å². The number of carbonyl (C=O) groups excluding carboxylic acids is 1. The molecule has 2 aromatic rings. The highest BCUT2D eigenvalue weighted by Crippen LogP contribution is 2.42. The second-order valence-corrected chi connectivity index (χ2v) is 8.92. The summed E-state index contributed by atoms with van der Waals surface area (Å²) >= 11 is 6.26. The number of nitrogens with one attached hydrogen (secondary N) is 1. The summed E-state index contributed by atoms with van der Waals surface area (Å²) in [6.45, 7) is 6.10. The number of pyridine rings is 1. The molecule has 2 N–H and O–H groups in total. The molecule has 0 radical (unpaired) electrons. The first-order chi connectivity index (χ1) is 14.0. The van der Waals surface area contributed by atoms with E-state index in [9.17, 15) is 9.59 Å². The first-order valence-electron chi connectivity index (χ1n) is 9.71. The van der Waals surface area contributed by atoms with Gasteiger partial charge in [0.15, 0.2) is 0 Å². The Morgan fingerprint density at radius 3 is 2.43 bits per heavy atom. The van der Waals surface area contributed by atoms with Gasteiger partial charge in [-0.25, -0.2) is 14.6 Å². The Kier molecular flexibility index (Phi) is 5.94. The monoisotopic (exact) mass is 431 g/mol. The number of aromatic nitrogens is 1. The van der Waals surface area contributed by atoms with Crippen LogP contribution in [0.15, 0.2) is 36.5 Å². The Morgan fingerprint density at radius 1 is 1.27 bits per heavy atom. The minimum Gasteiger partial charge on any atom is -0.478 e. The molecule has 1 aliphatic rings. The number of rotatable bonds is 6. The van der Waals surface area contributed by atoms with Gasteiger partial charge in [0.2, 0.25) is 0 Å². The number of hydrogen-bond acceptors (Lipinski definition) is 5. The average molecular weight is 432 g/mol. The fourth-order valence-corrected chi connectivity index (χ4v) is 3.32. The SMILES string of the molecule is CN(C(=O)OC(C)(C)C)C1(CNc2cnc(Cl)c(-c3ccc(C(=O)O)cc3)c2)CC1. The Bertz CT molecular complexity index is 950. The van der Waals surface area contributed by atoms with E-state index in [2.05, 4.69) is 10.3 Å². The molecule has 7 nitrogen and oxygen atoms in total. The smallest absolute Gasteiger partial charge is 0.410 e. The summed E-state index contributed by atoms with van der Waals surface area (Å²) in [6.07, 6.45) is 3.08. The quantitative estimate of drug-likeness (QED) is 0.631. The number of nitrogens with zero attached hydrogens (tertiary/aromatic N) is 2. The number of aromatic carboxylic acids is 1. The molecule has 8 heteroatoms. The van der Waals surface area contributed by atoms with Crippen LogP contribution in [0.5, 0.6) is 0 Å². The molecule has 3 rings (SSSR count). The molecule has 0 spiro atoms. The lowest BCUT2D eigenvalue weighted by atomic mass is 10.1. The van der Waals surface area contributed by atoms with Crippen LogP contribution < -0.4 is 5.32 Å². The molecule has 0 saturated heterocycles. The van der Waals surface area contributed by atoms with Gasteiger partial charge in [0.05, 0.1) is 23.0 Å². The highest BCUT2D eigenvalue weighted by atomic mass is 35.5. The number of anilines is 1. The summed E-state index contributed by atoms with van der Waals surface area (Å²) in [6, 6.07) is 8.34. The topological polar surface area (TPSA) is 91.8 Å². The number of benzene rings is 1. The third-order valence-electron chi connectivity index (χ3n) is 5.11. The lowest BCUT2D eigenvalue weighted by molar-refractivity contribution is 0.0206. The van der Waals surface area contributed by atoms with Crippen molar-refractivity contribution in [2.24, 2.45) is 0 Å².